The van der Waals surface area contributed by atoms with Crippen LogP contribution in [0.3, 0.4) is 0 Å². The van der Waals surface area contributed by atoms with Crippen molar-refractivity contribution in [1.82, 2.24) is 14.0 Å². The number of fused-ring (bicyclic) bond motifs is 1. The van der Waals surface area contributed by atoms with Crippen LogP contribution in [0.5, 0.6) is 0 Å². The van der Waals surface area contributed by atoms with Crippen molar-refractivity contribution in [1.29, 1.82) is 0 Å². The third-order valence-corrected chi connectivity index (χ3v) is 7.58. The Labute approximate surface area is 202 Å². The van der Waals surface area contributed by atoms with Gasteiger partial charge in [-0.15, -0.1) is 34.4 Å². The van der Waals surface area contributed by atoms with Crippen LogP contribution in [0.1, 0.15) is 32.0 Å². The highest BCUT2D eigenvalue weighted by Crippen LogP contribution is 2.16. The van der Waals surface area contributed by atoms with Crippen LogP contribution in [-0.4, -0.2) is 26.0 Å². The second-order valence-electron chi connectivity index (χ2n) is 8.51. The molecule has 3 aromatic heterocycles. The van der Waals surface area contributed by atoms with Gasteiger partial charge < -0.3 is 0 Å². The fourth-order valence-corrected chi connectivity index (χ4v) is 5.29. The maximum absolute atomic E-state index is 13.3. The molecule has 3 heterocycles. The van der Waals surface area contributed by atoms with Crippen LogP contribution >= 0.6 is 34.4 Å². The van der Waals surface area contributed by atoms with Crippen molar-refractivity contribution in [2.45, 2.75) is 32.2 Å². The van der Waals surface area contributed by atoms with Gasteiger partial charge in [-0.3, -0.25) is 23.4 Å². The van der Waals surface area contributed by atoms with Crippen molar-refractivity contribution in [2.24, 2.45) is 5.41 Å². The molecule has 0 atom stereocenters. The first-order valence-electron chi connectivity index (χ1n) is 10.2. The maximum Gasteiger partial charge on any atom is 0.269 e. The Kier molecular flexibility index (Phi) is 6.56. The second kappa shape index (κ2) is 9.24. The van der Waals surface area contributed by atoms with Gasteiger partial charge in [0, 0.05) is 34.0 Å². The molecule has 33 heavy (non-hydrogen) atoms. The Balaban J connectivity index is 1.87. The lowest BCUT2D eigenvalue weighted by molar-refractivity contribution is -0.120. The van der Waals surface area contributed by atoms with Crippen LogP contribution < -0.4 is 20.3 Å². The summed E-state index contributed by atoms with van der Waals surface area (Å²) >= 11 is 4.28. The summed E-state index contributed by atoms with van der Waals surface area (Å²) in [6.07, 6.45) is 7.04. The minimum Gasteiger partial charge on any atom is -0.294 e. The molecule has 170 valence electrons. The molecule has 6 nitrogen and oxygen atoms in total. The van der Waals surface area contributed by atoms with E-state index in [-0.39, 0.29) is 23.4 Å². The fourth-order valence-electron chi connectivity index (χ4n) is 3.10. The smallest absolute Gasteiger partial charge is 0.269 e. The normalized spacial score (nSPS) is 13.2. The summed E-state index contributed by atoms with van der Waals surface area (Å²) in [5.41, 5.74) is 0.404. The first kappa shape index (κ1) is 23.4. The molecule has 1 aromatic carbocycles. The van der Waals surface area contributed by atoms with E-state index in [0.717, 1.165) is 10.5 Å². The van der Waals surface area contributed by atoms with Gasteiger partial charge in [-0.1, -0.05) is 32.9 Å². The van der Waals surface area contributed by atoms with E-state index in [1.807, 2.05) is 57.4 Å². The Bertz CT molecular complexity index is 1570. The molecular formula is C24H23N3O3S3. The number of hydrogen-bond donors (Lipinski definition) is 0. The number of hydrogen-bond acceptors (Lipinski definition) is 7. The van der Waals surface area contributed by atoms with E-state index < -0.39 is 5.41 Å². The van der Waals surface area contributed by atoms with E-state index >= 15 is 0 Å². The number of carbonyl (C=O) groups is 1. The molecule has 0 saturated heterocycles. The van der Waals surface area contributed by atoms with Crippen LogP contribution in [0.4, 0.5) is 0 Å². The van der Waals surface area contributed by atoms with E-state index in [1.165, 1.54) is 43.8 Å². The number of aromatic nitrogens is 3. The van der Waals surface area contributed by atoms with Crippen LogP contribution in [-0.2, 0) is 11.3 Å². The Morgan fingerprint density at radius 2 is 1.91 bits per heavy atom. The number of Topliss-reactive ketones (excluding diaryl/α,β-unsaturated/α-hetero) is 1. The summed E-state index contributed by atoms with van der Waals surface area (Å²) in [5, 5.41) is 1.79. The first-order valence-corrected chi connectivity index (χ1v) is 13.2. The first-order chi connectivity index (χ1) is 15.7. The van der Waals surface area contributed by atoms with Gasteiger partial charge in [0.1, 0.15) is 4.66 Å². The summed E-state index contributed by atoms with van der Waals surface area (Å²) in [4.78, 5) is 44.7. The number of rotatable bonds is 5. The van der Waals surface area contributed by atoms with Gasteiger partial charge >= 0.3 is 0 Å². The van der Waals surface area contributed by atoms with Gasteiger partial charge in [-0.25, -0.2) is 4.98 Å². The number of carbonyl (C=O) groups excluding carboxylic acids is 1. The van der Waals surface area contributed by atoms with Crippen molar-refractivity contribution < 1.29 is 4.79 Å². The zero-order valence-electron chi connectivity index (χ0n) is 18.7. The third kappa shape index (κ3) is 5.10. The molecule has 0 fully saturated rings. The molecule has 4 rings (SSSR count). The lowest BCUT2D eigenvalue weighted by atomic mass is 9.91. The topological polar surface area (TPSA) is 73.4 Å². The van der Waals surface area contributed by atoms with Gasteiger partial charge in [0.2, 0.25) is 0 Å². The van der Waals surface area contributed by atoms with E-state index in [0.29, 0.717) is 19.8 Å². The Morgan fingerprint density at radius 1 is 1.18 bits per heavy atom. The zero-order chi connectivity index (χ0) is 23.8. The van der Waals surface area contributed by atoms with Crippen LogP contribution in [0.25, 0.3) is 17.1 Å². The van der Waals surface area contributed by atoms with E-state index in [2.05, 4.69) is 4.98 Å². The second-order valence-corrected chi connectivity index (χ2v) is 11.3. The molecular weight excluding hydrogens is 474 g/mol. The minimum absolute atomic E-state index is 0.0740. The molecule has 9 heteroatoms. The van der Waals surface area contributed by atoms with Crippen molar-refractivity contribution in [3.63, 3.8) is 0 Å². The minimum atomic E-state index is -0.574. The quantitative estimate of drug-likeness (QED) is 0.397. The number of thioether (sulfide) groups is 1. The van der Waals surface area contributed by atoms with Gasteiger partial charge in [-0.2, -0.15) is 0 Å². The average Bonchev–Trinajstić information content (AvgIpc) is 3.35. The highest BCUT2D eigenvalue weighted by molar-refractivity contribution is 7.98. The fraction of sp³-hybridized carbons (Fsp3) is 0.250. The predicted molar refractivity (Wildman–Crippen MR) is 137 cm³/mol. The van der Waals surface area contributed by atoms with E-state index in [9.17, 15) is 14.4 Å². The van der Waals surface area contributed by atoms with Gasteiger partial charge in [0.15, 0.2) is 10.7 Å². The zero-order valence-corrected chi connectivity index (χ0v) is 21.1. The van der Waals surface area contributed by atoms with Gasteiger partial charge in [-0.05, 0) is 30.0 Å². The van der Waals surface area contributed by atoms with Crippen molar-refractivity contribution in [2.75, 3.05) is 6.26 Å². The summed E-state index contributed by atoms with van der Waals surface area (Å²) in [5.74, 6) is -0.0740. The van der Waals surface area contributed by atoms with Gasteiger partial charge in [0.25, 0.3) is 11.1 Å². The molecule has 0 unspecified atom stereocenters. The molecule has 0 saturated carbocycles. The molecule has 0 spiro atoms. The Morgan fingerprint density at radius 3 is 2.58 bits per heavy atom. The van der Waals surface area contributed by atoms with Crippen LogP contribution in [0.2, 0.25) is 0 Å². The van der Waals surface area contributed by atoms with Crippen molar-refractivity contribution in [3.05, 3.63) is 83.1 Å². The third-order valence-electron chi connectivity index (χ3n) is 5.02. The lowest BCUT2D eigenvalue weighted by Gasteiger charge is -2.12. The molecule has 0 aliphatic rings. The summed E-state index contributed by atoms with van der Waals surface area (Å²) < 4.78 is 4.06. The van der Waals surface area contributed by atoms with Crippen LogP contribution in [0.15, 0.2) is 56.4 Å². The molecule has 0 aliphatic heterocycles. The SMILES string of the molecule is CSc1ccc(C=c2sc(=CC(=O)C(C)(C)C)n(Cc3cc(=O)n4ccsc4n3)c2=O)cc1. The highest BCUT2D eigenvalue weighted by Gasteiger charge is 2.20. The Hall–Kier alpha value is -2.75. The number of benzene rings is 1. The van der Waals surface area contributed by atoms with Crippen molar-refractivity contribution >= 4 is 57.3 Å². The molecule has 0 radical (unpaired) electrons. The number of ketones is 1. The summed E-state index contributed by atoms with van der Waals surface area (Å²) in [6.45, 7) is 5.64. The summed E-state index contributed by atoms with van der Waals surface area (Å²) in [7, 11) is 0. The van der Waals surface area contributed by atoms with Crippen molar-refractivity contribution in [3.8, 4) is 0 Å². The monoisotopic (exact) mass is 497 g/mol. The largest absolute Gasteiger partial charge is 0.294 e. The lowest BCUT2D eigenvalue weighted by Crippen LogP contribution is -2.33. The molecule has 4 aromatic rings. The predicted octanol–water partition coefficient (Wildman–Crippen LogP) is 2.97. The maximum atomic E-state index is 13.3. The molecule has 0 bridgehead atoms. The summed E-state index contributed by atoms with van der Waals surface area (Å²) in [6, 6.07) is 9.38. The molecule has 0 amide bonds. The molecule has 0 N–H and O–H groups in total. The van der Waals surface area contributed by atoms with Gasteiger partial charge in [0.05, 0.1) is 16.8 Å². The molecule has 0 aliphatic carbocycles. The highest BCUT2D eigenvalue weighted by atomic mass is 32.2. The number of thiazole rings is 2. The average molecular weight is 498 g/mol. The van der Waals surface area contributed by atoms with Crippen LogP contribution in [0, 0.1) is 5.41 Å². The van der Waals surface area contributed by atoms with E-state index in [1.54, 1.807) is 23.3 Å². The number of nitrogens with zero attached hydrogens (tertiary/aromatic N) is 3. The standard InChI is InChI=1S/C24H23N3O3S3/c1-24(2,3)19(28)13-21-27(14-16-12-20(29)26-9-10-32-23(26)25-16)22(30)18(33-21)11-15-5-7-17(31-4)8-6-15/h5-13H,14H2,1-4H3. The van der Waals surface area contributed by atoms with E-state index in [4.69, 9.17) is 0 Å².